The van der Waals surface area contributed by atoms with Crippen LogP contribution in [0.4, 0.5) is 9.52 Å². The third-order valence-corrected chi connectivity index (χ3v) is 10.4. The Bertz CT molecular complexity index is 2300. The molecule has 224 valence electrons. The van der Waals surface area contributed by atoms with Gasteiger partial charge in [-0.15, -0.1) is 0 Å². The molecule has 0 N–H and O–H groups in total. The summed E-state index contributed by atoms with van der Waals surface area (Å²) >= 11 is 1.04. The zero-order valence-electron chi connectivity index (χ0n) is 23.5. The van der Waals surface area contributed by atoms with Crippen LogP contribution in [-0.4, -0.2) is 36.4 Å². The van der Waals surface area contributed by atoms with Crippen LogP contribution in [0.25, 0.3) is 21.2 Å². The van der Waals surface area contributed by atoms with Crippen molar-refractivity contribution in [1.82, 2.24) is 9.29 Å². The Balaban J connectivity index is 1.22. The van der Waals surface area contributed by atoms with Crippen molar-refractivity contribution in [2.75, 3.05) is 11.6 Å². The van der Waals surface area contributed by atoms with E-state index in [1.807, 2.05) is 24.3 Å². The van der Waals surface area contributed by atoms with Crippen molar-refractivity contribution < 1.29 is 22.0 Å². The summed E-state index contributed by atoms with van der Waals surface area (Å²) in [4.78, 5) is 31.4. The fourth-order valence-corrected chi connectivity index (χ4v) is 7.55. The highest BCUT2D eigenvalue weighted by Crippen LogP contribution is 2.31. The lowest BCUT2D eigenvalue weighted by Gasteiger charge is -2.28. The van der Waals surface area contributed by atoms with E-state index in [1.54, 1.807) is 24.3 Å². The lowest BCUT2D eigenvalue weighted by molar-refractivity contribution is 0.0987. The van der Waals surface area contributed by atoms with Gasteiger partial charge < -0.3 is 4.42 Å². The Morgan fingerprint density at radius 1 is 1.00 bits per heavy atom. The molecule has 1 aliphatic rings. The third kappa shape index (κ3) is 5.43. The summed E-state index contributed by atoms with van der Waals surface area (Å²) in [5.74, 6) is -1.09. The van der Waals surface area contributed by atoms with E-state index in [2.05, 4.69) is 10.1 Å². The maximum atomic E-state index is 13.9. The maximum Gasteiger partial charge on any atom is 0.280 e. The predicted molar refractivity (Wildman–Crippen MR) is 171 cm³/mol. The molecule has 7 rings (SSSR count). The van der Waals surface area contributed by atoms with Crippen LogP contribution in [-0.2, 0) is 23.0 Å². The molecule has 0 radical (unpaired) electrons. The minimum Gasteiger partial charge on any atom is -0.463 e. The van der Waals surface area contributed by atoms with Gasteiger partial charge in [0, 0.05) is 18.7 Å². The molecule has 2 aromatic heterocycles. The molecule has 12 heteroatoms. The summed E-state index contributed by atoms with van der Waals surface area (Å²) in [5, 5.41) is 5.80. The number of amides is 1. The van der Waals surface area contributed by atoms with Gasteiger partial charge in [0.2, 0.25) is 20.6 Å². The molecular weight excluding hydrogens is 616 g/mol. The fraction of sp³-hybridized carbons (Fsp3) is 0.0909. The molecule has 0 aliphatic carbocycles. The van der Waals surface area contributed by atoms with Gasteiger partial charge in [0.05, 0.1) is 32.3 Å². The number of benzene rings is 4. The number of thiazole rings is 1. The third-order valence-electron chi connectivity index (χ3n) is 7.57. The van der Waals surface area contributed by atoms with Gasteiger partial charge in [-0.25, -0.2) is 17.8 Å². The smallest absolute Gasteiger partial charge is 0.280 e. The number of hydrogen-bond acceptors (Lipinski definition) is 8. The van der Waals surface area contributed by atoms with Gasteiger partial charge in [0.1, 0.15) is 17.7 Å². The highest BCUT2D eigenvalue weighted by atomic mass is 32.2. The van der Waals surface area contributed by atoms with Crippen LogP contribution in [0.3, 0.4) is 0 Å². The normalized spacial score (nSPS) is 13.8. The first kappa shape index (κ1) is 28.7. The number of hydrogen-bond donors (Lipinski definition) is 0. The average molecular weight is 639 g/mol. The molecule has 0 saturated carbocycles. The monoisotopic (exact) mass is 638 g/mol. The summed E-state index contributed by atoms with van der Waals surface area (Å²) in [5.41, 5.74) is 2.85. The minimum atomic E-state index is -3.82. The number of carbonyl (C=O) groups excluding carboxylic acids is 1. The number of hydrazone groups is 1. The van der Waals surface area contributed by atoms with E-state index < -0.39 is 21.7 Å². The van der Waals surface area contributed by atoms with E-state index in [9.17, 15) is 22.4 Å². The van der Waals surface area contributed by atoms with E-state index in [0.29, 0.717) is 34.2 Å². The molecule has 0 unspecified atom stereocenters. The highest BCUT2D eigenvalue weighted by Gasteiger charge is 2.29. The van der Waals surface area contributed by atoms with Crippen LogP contribution >= 0.6 is 11.3 Å². The Morgan fingerprint density at radius 3 is 2.58 bits per heavy atom. The zero-order valence-corrected chi connectivity index (χ0v) is 25.1. The van der Waals surface area contributed by atoms with E-state index >= 15 is 0 Å². The summed E-state index contributed by atoms with van der Waals surface area (Å²) in [6.07, 6.45) is 3.07. The van der Waals surface area contributed by atoms with Gasteiger partial charge in [-0.2, -0.15) is 14.4 Å². The number of sulfonamides is 1. The molecule has 9 nitrogen and oxygen atoms in total. The number of aromatic nitrogens is 1. The van der Waals surface area contributed by atoms with Crippen molar-refractivity contribution in [3.63, 3.8) is 0 Å². The van der Waals surface area contributed by atoms with E-state index in [-0.39, 0.29) is 33.1 Å². The number of halogens is 1. The molecule has 0 atom stereocenters. The molecule has 3 heterocycles. The Kier molecular flexibility index (Phi) is 7.32. The first-order valence-electron chi connectivity index (χ1n) is 13.9. The quantitative estimate of drug-likeness (QED) is 0.164. The van der Waals surface area contributed by atoms with Gasteiger partial charge in [-0.1, -0.05) is 47.7 Å². The van der Waals surface area contributed by atoms with Gasteiger partial charge in [0.25, 0.3) is 5.91 Å². The first-order valence-corrected chi connectivity index (χ1v) is 16.2. The second-order valence-corrected chi connectivity index (χ2v) is 13.3. The summed E-state index contributed by atoms with van der Waals surface area (Å²) in [6, 6.07) is 24.2. The minimum absolute atomic E-state index is 0.0534. The van der Waals surface area contributed by atoms with Gasteiger partial charge >= 0.3 is 0 Å². The fourth-order valence-electron chi connectivity index (χ4n) is 5.18. The Labute approximate surface area is 260 Å². The Morgan fingerprint density at radius 2 is 1.76 bits per heavy atom. The van der Waals surface area contributed by atoms with Crippen molar-refractivity contribution in [1.29, 1.82) is 0 Å². The lowest BCUT2D eigenvalue weighted by atomic mass is 10.0. The number of nitrogens with zero attached hydrogens (tertiary/aromatic N) is 4. The standard InChI is InChI=1S/C33H23FN4O5S2/c34-25-11-14-28-30(17-25)44-33(36-28)38(35-18-24-20-43-29-8-4-3-7-27(29)31(24)39)32(40)22-9-12-26(13-10-22)45(41,42)37-16-15-21-5-1-2-6-23(21)19-37/h1-14,17-18,20H,15-16,19H2/b35-18+. The van der Waals surface area contributed by atoms with Crippen LogP contribution in [0.1, 0.15) is 27.0 Å². The van der Waals surface area contributed by atoms with E-state index in [1.165, 1.54) is 59.2 Å². The van der Waals surface area contributed by atoms with Gasteiger partial charge in [0.15, 0.2) is 0 Å². The number of para-hydroxylation sites is 1. The second-order valence-electron chi connectivity index (χ2n) is 10.4. The first-order chi connectivity index (χ1) is 21.8. The summed E-state index contributed by atoms with van der Waals surface area (Å²) in [6.45, 7) is 0.617. The van der Waals surface area contributed by atoms with Crippen molar-refractivity contribution in [3.05, 3.63) is 136 Å². The number of carbonyl (C=O) groups is 1. The number of anilines is 1. The number of fused-ring (bicyclic) bond motifs is 3. The van der Waals surface area contributed by atoms with Crippen molar-refractivity contribution in [2.24, 2.45) is 5.10 Å². The van der Waals surface area contributed by atoms with Gasteiger partial charge in [-0.3, -0.25) is 9.59 Å². The Hall–Kier alpha value is -5.04. The van der Waals surface area contributed by atoms with Crippen LogP contribution in [0.5, 0.6) is 0 Å². The zero-order chi connectivity index (χ0) is 31.1. The van der Waals surface area contributed by atoms with Crippen LogP contribution in [0, 0.1) is 5.82 Å². The molecule has 0 saturated heterocycles. The van der Waals surface area contributed by atoms with Gasteiger partial charge in [-0.05, 0) is 72.1 Å². The molecule has 4 aromatic carbocycles. The van der Waals surface area contributed by atoms with Crippen LogP contribution < -0.4 is 10.4 Å². The van der Waals surface area contributed by atoms with E-state index in [0.717, 1.165) is 27.5 Å². The molecule has 1 aliphatic heterocycles. The molecule has 6 aromatic rings. The van der Waals surface area contributed by atoms with Crippen LogP contribution in [0.15, 0.2) is 116 Å². The topological polar surface area (TPSA) is 113 Å². The lowest BCUT2D eigenvalue weighted by Crippen LogP contribution is -2.36. The maximum absolute atomic E-state index is 13.9. The van der Waals surface area contributed by atoms with Crippen molar-refractivity contribution >= 4 is 59.8 Å². The largest absolute Gasteiger partial charge is 0.463 e. The number of rotatable bonds is 6. The predicted octanol–water partition coefficient (Wildman–Crippen LogP) is 5.97. The van der Waals surface area contributed by atoms with Crippen molar-refractivity contribution in [3.8, 4) is 0 Å². The molecule has 45 heavy (non-hydrogen) atoms. The molecule has 0 fully saturated rings. The summed E-state index contributed by atoms with van der Waals surface area (Å²) < 4.78 is 48.4. The van der Waals surface area contributed by atoms with Crippen LogP contribution in [0.2, 0.25) is 0 Å². The molecule has 1 amide bonds. The average Bonchev–Trinajstić information content (AvgIpc) is 3.48. The van der Waals surface area contributed by atoms with Crippen molar-refractivity contribution in [2.45, 2.75) is 17.9 Å². The summed E-state index contributed by atoms with van der Waals surface area (Å²) in [7, 11) is -3.82. The SMILES string of the molecule is O=C(c1ccc(S(=O)(=O)N2CCc3ccccc3C2)cc1)N(/N=C/c1coc2ccccc2c1=O)c1nc2ccc(F)cc2s1. The highest BCUT2D eigenvalue weighted by molar-refractivity contribution is 7.89. The molecular formula is C33H23FN4O5S2. The molecule has 0 spiro atoms. The second kappa shape index (κ2) is 11.5. The molecule has 0 bridgehead atoms. The van der Waals surface area contributed by atoms with E-state index in [4.69, 9.17) is 4.42 Å².